The number of anilines is 1. The Kier molecular flexibility index (Phi) is 11.1. The SMILES string of the molecule is CC1=CC2C(=C1)[C-]=C(I)N2c1ccccc1.[Cl-].[Cl-].[Cl-].[Zr+4]. The summed E-state index contributed by atoms with van der Waals surface area (Å²) < 4.78 is 1.17. The van der Waals surface area contributed by atoms with Crippen LogP contribution in [0, 0.1) is 6.08 Å². The first-order valence-corrected chi connectivity index (χ1v) is 6.37. The predicted molar refractivity (Wildman–Crippen MR) is 75.3 cm³/mol. The molecule has 0 spiro atoms. The fourth-order valence-corrected chi connectivity index (χ4v) is 3.10. The van der Waals surface area contributed by atoms with Crippen LogP contribution in [0.15, 0.2) is 57.3 Å². The van der Waals surface area contributed by atoms with E-state index in [2.05, 4.69) is 76.9 Å². The minimum absolute atomic E-state index is 0. The van der Waals surface area contributed by atoms with Crippen LogP contribution in [-0.4, -0.2) is 6.04 Å². The van der Waals surface area contributed by atoms with Crippen LogP contribution in [0.25, 0.3) is 0 Å². The van der Waals surface area contributed by atoms with Gasteiger partial charge in [-0.15, -0.1) is 5.57 Å². The number of allylic oxidation sites excluding steroid dienone is 2. The van der Waals surface area contributed by atoms with Crippen LogP contribution in [0.5, 0.6) is 0 Å². The number of hydrogen-bond acceptors (Lipinski definition) is 1. The molecule has 0 fully saturated rings. The van der Waals surface area contributed by atoms with Gasteiger partial charge in [0.2, 0.25) is 0 Å². The Bertz CT molecular complexity index is 528. The number of para-hydroxylation sites is 1. The molecule has 1 heterocycles. The molecule has 0 aromatic heterocycles. The van der Waals surface area contributed by atoms with E-state index < -0.39 is 0 Å². The van der Waals surface area contributed by atoms with Crippen molar-refractivity contribution in [3.8, 4) is 0 Å². The molecule has 1 atom stereocenters. The van der Waals surface area contributed by atoms with Gasteiger partial charge in [-0.2, -0.15) is 5.57 Å². The number of rotatable bonds is 1. The van der Waals surface area contributed by atoms with Crippen LogP contribution in [-0.2, 0) is 26.2 Å². The van der Waals surface area contributed by atoms with Crippen LogP contribution in [0.2, 0.25) is 0 Å². The van der Waals surface area contributed by atoms with E-state index in [-0.39, 0.29) is 63.4 Å². The molecule has 6 heteroatoms. The Morgan fingerprint density at radius 2 is 1.70 bits per heavy atom. The van der Waals surface area contributed by atoms with Gasteiger partial charge in [0.15, 0.2) is 0 Å². The van der Waals surface area contributed by atoms with Gasteiger partial charge in [0.1, 0.15) is 0 Å². The standard InChI is InChI=1S/C14H11IN.3ClH.Zr/c1-10-7-11-9-14(15)16(13(11)8-10)12-5-3-2-4-6-12;;;;/h2-8,13H,1H3;3*1H;/q-1;;;;+4/p-3. The molecule has 1 nitrogen and oxygen atoms in total. The predicted octanol–water partition coefficient (Wildman–Crippen LogP) is -5.15. The molecule has 1 unspecified atom stereocenters. The maximum atomic E-state index is 3.43. The van der Waals surface area contributed by atoms with Crippen molar-refractivity contribution in [1.29, 1.82) is 0 Å². The zero-order valence-electron chi connectivity index (χ0n) is 10.6. The maximum absolute atomic E-state index is 3.43. The molecule has 0 amide bonds. The van der Waals surface area contributed by atoms with Crippen molar-refractivity contribution in [3.05, 3.63) is 63.4 Å². The summed E-state index contributed by atoms with van der Waals surface area (Å²) in [4.78, 5) is 2.32. The summed E-state index contributed by atoms with van der Waals surface area (Å²) in [6.45, 7) is 2.14. The molecule has 1 aliphatic carbocycles. The zero-order chi connectivity index (χ0) is 11.1. The molecule has 1 aliphatic heterocycles. The van der Waals surface area contributed by atoms with Gasteiger partial charge in [-0.1, -0.05) is 31.2 Å². The van der Waals surface area contributed by atoms with Gasteiger partial charge in [-0.05, 0) is 38.4 Å². The van der Waals surface area contributed by atoms with Gasteiger partial charge in [0.05, 0.1) is 0 Å². The Morgan fingerprint density at radius 3 is 2.30 bits per heavy atom. The van der Waals surface area contributed by atoms with E-state index in [0.29, 0.717) is 6.04 Å². The van der Waals surface area contributed by atoms with Crippen LogP contribution >= 0.6 is 22.6 Å². The van der Waals surface area contributed by atoms with Crippen molar-refractivity contribution in [1.82, 2.24) is 0 Å². The monoisotopic (exact) mass is 515 g/mol. The van der Waals surface area contributed by atoms with Gasteiger partial charge in [0, 0.05) is 11.7 Å². The Morgan fingerprint density at radius 1 is 1.10 bits per heavy atom. The van der Waals surface area contributed by atoms with Gasteiger partial charge < -0.3 is 42.1 Å². The van der Waals surface area contributed by atoms with Crippen molar-refractivity contribution in [3.63, 3.8) is 0 Å². The van der Waals surface area contributed by atoms with Crippen molar-refractivity contribution >= 4 is 28.3 Å². The molecule has 0 radical (unpaired) electrons. The molecular weight excluding hydrogens is 507 g/mol. The molecule has 20 heavy (non-hydrogen) atoms. The van der Waals surface area contributed by atoms with Gasteiger partial charge in [-0.3, -0.25) is 0 Å². The second kappa shape index (κ2) is 9.68. The third-order valence-electron chi connectivity index (χ3n) is 2.89. The molecular formula is C14H11Cl3INZr. The van der Waals surface area contributed by atoms with E-state index in [1.54, 1.807) is 0 Å². The summed E-state index contributed by atoms with van der Waals surface area (Å²) in [5.41, 5.74) is 3.85. The summed E-state index contributed by atoms with van der Waals surface area (Å²) in [6, 6.07) is 10.8. The zero-order valence-corrected chi connectivity index (χ0v) is 17.5. The number of nitrogens with zero attached hydrogens (tertiary/aromatic N) is 1. The summed E-state index contributed by atoms with van der Waals surface area (Å²) >= 11 is 2.35. The van der Waals surface area contributed by atoms with E-state index in [1.807, 2.05) is 6.07 Å². The Labute approximate surface area is 171 Å². The molecule has 0 bridgehead atoms. The molecule has 0 saturated heterocycles. The summed E-state index contributed by atoms with van der Waals surface area (Å²) in [5.74, 6) is 0. The van der Waals surface area contributed by atoms with Crippen LogP contribution in [0.4, 0.5) is 5.69 Å². The first kappa shape index (κ1) is 23.0. The van der Waals surface area contributed by atoms with E-state index in [4.69, 9.17) is 0 Å². The van der Waals surface area contributed by atoms with Gasteiger partial charge in [0.25, 0.3) is 0 Å². The Balaban J connectivity index is 0. The number of hydrogen-bond donors (Lipinski definition) is 0. The van der Waals surface area contributed by atoms with Crippen molar-refractivity contribution in [2.75, 3.05) is 4.90 Å². The quantitative estimate of drug-likeness (QED) is 0.205. The summed E-state index contributed by atoms with van der Waals surface area (Å²) in [7, 11) is 0. The fraction of sp³-hybridized carbons (Fsp3) is 0.143. The van der Waals surface area contributed by atoms with Crippen LogP contribution in [0.3, 0.4) is 0 Å². The first-order chi connectivity index (χ1) is 7.75. The molecule has 2 aliphatic rings. The molecule has 1 aromatic rings. The van der Waals surface area contributed by atoms with E-state index >= 15 is 0 Å². The van der Waals surface area contributed by atoms with E-state index in [0.717, 1.165) is 0 Å². The van der Waals surface area contributed by atoms with Crippen LogP contribution in [0.1, 0.15) is 6.92 Å². The molecule has 3 rings (SSSR count). The second-order valence-electron chi connectivity index (χ2n) is 4.08. The van der Waals surface area contributed by atoms with Crippen molar-refractivity contribution < 1.29 is 63.4 Å². The van der Waals surface area contributed by atoms with E-state index in [9.17, 15) is 0 Å². The average Bonchev–Trinajstić information content (AvgIpc) is 2.74. The number of benzene rings is 1. The first-order valence-electron chi connectivity index (χ1n) is 5.29. The van der Waals surface area contributed by atoms with E-state index in [1.165, 1.54) is 20.5 Å². The molecule has 1 aromatic carbocycles. The Hall–Kier alpha value is 0.723. The largest absolute Gasteiger partial charge is 4.00 e. The van der Waals surface area contributed by atoms with Gasteiger partial charge in [-0.25, -0.2) is 12.2 Å². The van der Waals surface area contributed by atoms with Crippen molar-refractivity contribution in [2.24, 2.45) is 0 Å². The average molecular weight is 518 g/mol. The number of halogens is 4. The smallest absolute Gasteiger partial charge is 1.00 e. The third kappa shape index (κ3) is 4.36. The topological polar surface area (TPSA) is 3.24 Å². The molecule has 104 valence electrons. The number of fused-ring (bicyclic) bond motifs is 1. The fourth-order valence-electron chi connectivity index (χ4n) is 2.21. The van der Waals surface area contributed by atoms with Crippen LogP contribution < -0.4 is 42.1 Å². The summed E-state index contributed by atoms with van der Waals surface area (Å²) in [6.07, 6.45) is 7.94. The minimum Gasteiger partial charge on any atom is -1.00 e. The normalized spacial score (nSPS) is 18.2. The summed E-state index contributed by atoms with van der Waals surface area (Å²) in [5, 5.41) is 0. The maximum Gasteiger partial charge on any atom is 4.00 e. The van der Waals surface area contributed by atoms with Gasteiger partial charge >= 0.3 is 26.2 Å². The second-order valence-corrected chi connectivity index (χ2v) is 5.10. The molecule has 0 N–H and O–H groups in total. The third-order valence-corrected chi connectivity index (χ3v) is 3.68. The molecule has 0 saturated carbocycles. The minimum atomic E-state index is 0. The van der Waals surface area contributed by atoms with Crippen molar-refractivity contribution in [2.45, 2.75) is 13.0 Å².